The lowest BCUT2D eigenvalue weighted by atomic mass is 10.2. The van der Waals surface area contributed by atoms with Gasteiger partial charge in [0.05, 0.1) is 23.2 Å². The molecule has 0 aliphatic heterocycles. The van der Waals surface area contributed by atoms with Crippen LogP contribution in [-0.4, -0.2) is 33.2 Å². The summed E-state index contributed by atoms with van der Waals surface area (Å²) < 4.78 is 1.70. The van der Waals surface area contributed by atoms with Crippen LogP contribution in [0.3, 0.4) is 0 Å². The SMILES string of the molecule is CCCCCn1c(SCC(=O)N(C)Cc2cccs2)nc2cc(Cl)ccc2c1=O. The number of thioether (sulfide) groups is 1. The molecule has 0 saturated carbocycles. The molecule has 154 valence electrons. The molecule has 0 aliphatic carbocycles. The van der Waals surface area contributed by atoms with Gasteiger partial charge in [0, 0.05) is 23.5 Å². The van der Waals surface area contributed by atoms with E-state index in [0.717, 1.165) is 24.1 Å². The highest BCUT2D eigenvalue weighted by Crippen LogP contribution is 2.22. The predicted molar refractivity (Wildman–Crippen MR) is 122 cm³/mol. The maximum atomic E-state index is 13.0. The van der Waals surface area contributed by atoms with Gasteiger partial charge < -0.3 is 4.90 Å². The number of carbonyl (C=O) groups excluding carboxylic acids is 1. The smallest absolute Gasteiger partial charge is 0.262 e. The molecular weight excluding hydrogens is 426 g/mol. The average molecular weight is 450 g/mol. The molecule has 0 fully saturated rings. The van der Waals surface area contributed by atoms with Crippen molar-refractivity contribution in [1.82, 2.24) is 14.5 Å². The normalized spacial score (nSPS) is 11.1. The van der Waals surface area contributed by atoms with Gasteiger partial charge in [0.15, 0.2) is 5.16 Å². The molecule has 0 atom stereocenters. The van der Waals surface area contributed by atoms with E-state index in [9.17, 15) is 9.59 Å². The summed E-state index contributed by atoms with van der Waals surface area (Å²) in [7, 11) is 1.80. The van der Waals surface area contributed by atoms with Crippen molar-refractivity contribution >= 4 is 51.5 Å². The summed E-state index contributed by atoms with van der Waals surface area (Å²) in [4.78, 5) is 33.1. The molecule has 2 heterocycles. The lowest BCUT2D eigenvalue weighted by molar-refractivity contribution is -0.127. The van der Waals surface area contributed by atoms with E-state index in [1.165, 1.54) is 11.8 Å². The van der Waals surface area contributed by atoms with Gasteiger partial charge in [-0.25, -0.2) is 4.98 Å². The van der Waals surface area contributed by atoms with Crippen LogP contribution in [-0.2, 0) is 17.9 Å². The Morgan fingerprint density at radius 2 is 2.14 bits per heavy atom. The summed E-state index contributed by atoms with van der Waals surface area (Å²) in [6.07, 6.45) is 3.01. The van der Waals surface area contributed by atoms with Crippen LogP contribution >= 0.6 is 34.7 Å². The minimum atomic E-state index is -0.0790. The molecule has 3 aromatic rings. The van der Waals surface area contributed by atoms with Gasteiger partial charge >= 0.3 is 0 Å². The van der Waals surface area contributed by atoms with Crippen LogP contribution in [0.25, 0.3) is 10.9 Å². The van der Waals surface area contributed by atoms with Crippen molar-refractivity contribution < 1.29 is 4.79 Å². The second kappa shape index (κ2) is 10.3. The molecule has 3 rings (SSSR count). The Morgan fingerprint density at radius 3 is 2.86 bits per heavy atom. The molecule has 2 aromatic heterocycles. The number of amides is 1. The summed E-state index contributed by atoms with van der Waals surface area (Å²) in [6, 6.07) is 9.12. The number of benzene rings is 1. The number of aromatic nitrogens is 2. The number of hydrogen-bond donors (Lipinski definition) is 0. The molecule has 5 nitrogen and oxygen atoms in total. The van der Waals surface area contributed by atoms with E-state index in [0.29, 0.717) is 34.2 Å². The number of halogens is 1. The second-order valence-electron chi connectivity index (χ2n) is 6.84. The number of nitrogens with zero attached hydrogens (tertiary/aromatic N) is 3. The van der Waals surface area contributed by atoms with E-state index in [-0.39, 0.29) is 17.2 Å². The third-order valence-corrected chi connectivity index (χ3v) is 6.65. The molecule has 29 heavy (non-hydrogen) atoms. The fourth-order valence-corrected chi connectivity index (χ4v) is 4.85. The summed E-state index contributed by atoms with van der Waals surface area (Å²) in [5.41, 5.74) is 0.487. The Bertz CT molecular complexity index is 1030. The Morgan fingerprint density at radius 1 is 1.31 bits per heavy atom. The Kier molecular flexibility index (Phi) is 7.75. The van der Waals surface area contributed by atoms with Gasteiger partial charge in [0.25, 0.3) is 5.56 Å². The van der Waals surface area contributed by atoms with Crippen molar-refractivity contribution in [2.24, 2.45) is 0 Å². The first kappa shape index (κ1) is 21.9. The molecule has 0 bridgehead atoms. The molecular formula is C21H24ClN3O2S2. The van der Waals surface area contributed by atoms with Gasteiger partial charge in [-0.1, -0.05) is 49.2 Å². The number of hydrogen-bond acceptors (Lipinski definition) is 5. The van der Waals surface area contributed by atoms with Gasteiger partial charge in [-0.3, -0.25) is 14.2 Å². The number of fused-ring (bicyclic) bond motifs is 1. The molecule has 0 aliphatic rings. The molecule has 8 heteroatoms. The zero-order valence-electron chi connectivity index (χ0n) is 16.6. The van der Waals surface area contributed by atoms with Gasteiger partial charge in [0.2, 0.25) is 5.91 Å². The zero-order valence-corrected chi connectivity index (χ0v) is 18.9. The van der Waals surface area contributed by atoms with Gasteiger partial charge in [-0.2, -0.15) is 0 Å². The summed E-state index contributed by atoms with van der Waals surface area (Å²) >= 11 is 9.03. The van der Waals surface area contributed by atoms with Crippen molar-refractivity contribution in [2.75, 3.05) is 12.8 Å². The maximum Gasteiger partial charge on any atom is 0.262 e. The number of thiophene rings is 1. The molecule has 0 unspecified atom stereocenters. The van der Waals surface area contributed by atoms with Crippen LogP contribution in [0, 0.1) is 0 Å². The zero-order chi connectivity index (χ0) is 20.8. The van der Waals surface area contributed by atoms with Gasteiger partial charge in [0.1, 0.15) is 0 Å². The molecule has 0 radical (unpaired) electrons. The van der Waals surface area contributed by atoms with Crippen LogP contribution < -0.4 is 5.56 Å². The van der Waals surface area contributed by atoms with E-state index in [4.69, 9.17) is 11.6 Å². The van der Waals surface area contributed by atoms with Crippen LogP contribution in [0.5, 0.6) is 0 Å². The van der Waals surface area contributed by atoms with Crippen LogP contribution in [0.15, 0.2) is 45.7 Å². The highest BCUT2D eigenvalue weighted by atomic mass is 35.5. The molecule has 0 N–H and O–H groups in total. The van der Waals surface area contributed by atoms with Crippen LogP contribution in [0.2, 0.25) is 5.02 Å². The standard InChI is InChI=1S/C21H24ClN3O2S2/c1-3-4-5-10-25-20(27)17-9-8-15(22)12-18(17)23-21(25)29-14-19(26)24(2)13-16-7-6-11-28-16/h6-9,11-12H,3-5,10,13-14H2,1-2H3. The van der Waals surface area contributed by atoms with E-state index in [1.807, 2.05) is 17.5 Å². The topological polar surface area (TPSA) is 55.2 Å². The molecule has 0 spiro atoms. The monoisotopic (exact) mass is 449 g/mol. The lowest BCUT2D eigenvalue weighted by Gasteiger charge is -2.17. The van der Waals surface area contributed by atoms with E-state index >= 15 is 0 Å². The highest BCUT2D eigenvalue weighted by Gasteiger charge is 2.16. The number of carbonyl (C=O) groups is 1. The first-order valence-corrected chi connectivity index (χ1v) is 11.8. The van der Waals surface area contributed by atoms with Crippen molar-refractivity contribution in [2.45, 2.75) is 44.4 Å². The molecule has 1 amide bonds. The van der Waals surface area contributed by atoms with E-state index < -0.39 is 0 Å². The van der Waals surface area contributed by atoms with Crippen LogP contribution in [0.1, 0.15) is 31.1 Å². The highest BCUT2D eigenvalue weighted by molar-refractivity contribution is 7.99. The Labute approximate surface area is 183 Å². The van der Waals surface area contributed by atoms with Crippen molar-refractivity contribution in [1.29, 1.82) is 0 Å². The van der Waals surface area contributed by atoms with E-state index in [1.54, 1.807) is 46.1 Å². The first-order chi connectivity index (χ1) is 14.0. The maximum absolute atomic E-state index is 13.0. The van der Waals surface area contributed by atoms with Crippen molar-refractivity contribution in [3.05, 3.63) is 56.0 Å². The summed E-state index contributed by atoms with van der Waals surface area (Å²) in [5.74, 6) is 0.234. The quantitative estimate of drug-likeness (QED) is 0.260. The van der Waals surface area contributed by atoms with Gasteiger partial charge in [-0.05, 0) is 36.1 Å². The third kappa shape index (κ3) is 5.62. The lowest BCUT2D eigenvalue weighted by Crippen LogP contribution is -2.28. The Hall–Kier alpha value is -1.83. The summed E-state index contributed by atoms with van der Waals surface area (Å²) in [6.45, 7) is 3.31. The van der Waals surface area contributed by atoms with E-state index in [2.05, 4.69) is 11.9 Å². The third-order valence-electron chi connectivity index (χ3n) is 4.59. The van der Waals surface area contributed by atoms with Crippen molar-refractivity contribution in [3.8, 4) is 0 Å². The van der Waals surface area contributed by atoms with Crippen LogP contribution in [0.4, 0.5) is 0 Å². The molecule has 1 aromatic carbocycles. The fourth-order valence-electron chi connectivity index (χ4n) is 2.96. The fraction of sp³-hybridized carbons (Fsp3) is 0.381. The average Bonchev–Trinajstić information content (AvgIpc) is 3.20. The predicted octanol–water partition coefficient (Wildman–Crippen LogP) is 5.05. The van der Waals surface area contributed by atoms with Gasteiger partial charge in [-0.15, -0.1) is 11.3 Å². The Balaban J connectivity index is 1.81. The van der Waals surface area contributed by atoms with Crippen molar-refractivity contribution in [3.63, 3.8) is 0 Å². The minimum absolute atomic E-state index is 0.00366. The summed E-state index contributed by atoms with van der Waals surface area (Å²) in [5, 5.41) is 3.66. The first-order valence-electron chi connectivity index (χ1n) is 9.59. The minimum Gasteiger partial charge on any atom is -0.340 e. The second-order valence-corrected chi connectivity index (χ2v) is 9.25. The number of rotatable bonds is 9. The number of unbranched alkanes of at least 4 members (excludes halogenated alkanes) is 2. The molecule has 0 saturated heterocycles. The largest absolute Gasteiger partial charge is 0.340 e.